The third-order valence-electron chi connectivity index (χ3n) is 3.07. The van der Waals surface area contributed by atoms with E-state index in [0.717, 1.165) is 6.07 Å². The van der Waals surface area contributed by atoms with Gasteiger partial charge in [-0.2, -0.15) is 13.2 Å². The van der Waals surface area contributed by atoms with Crippen molar-refractivity contribution in [3.05, 3.63) is 54.6 Å². The number of alkyl halides is 3. The van der Waals surface area contributed by atoms with Gasteiger partial charge >= 0.3 is 13.3 Å². The average molecular weight is 279 g/mol. The molecule has 2 heterocycles. The molecular weight excluding hydrogens is 270 g/mol. The molecule has 0 atom stereocenters. The molecule has 1 fully saturated rings. The van der Waals surface area contributed by atoms with Gasteiger partial charge in [0.15, 0.2) is 0 Å². The molecule has 0 saturated carbocycles. The summed E-state index contributed by atoms with van der Waals surface area (Å²) in [6.07, 6.45) is -4.43. The number of H-pyrrole nitrogens is 1. The first kappa shape index (κ1) is 12.7. The van der Waals surface area contributed by atoms with Crippen molar-refractivity contribution in [2.75, 3.05) is 0 Å². The number of rotatable bonds is 1. The first-order valence-electron chi connectivity index (χ1n) is 5.76. The third-order valence-corrected chi connectivity index (χ3v) is 3.07. The summed E-state index contributed by atoms with van der Waals surface area (Å²) in [5, 5.41) is 0.396. The van der Waals surface area contributed by atoms with Gasteiger partial charge in [0.05, 0.1) is 0 Å². The van der Waals surface area contributed by atoms with Crippen LogP contribution < -0.4 is 5.46 Å². The quantitative estimate of drug-likeness (QED) is 0.814. The molecular formula is C13H9BF3NO2. The van der Waals surface area contributed by atoms with E-state index >= 15 is 0 Å². The van der Waals surface area contributed by atoms with E-state index in [1.165, 1.54) is 0 Å². The Bertz CT molecular complexity index is 704. The van der Waals surface area contributed by atoms with Crippen LogP contribution in [-0.4, -0.2) is 12.1 Å². The fourth-order valence-corrected chi connectivity index (χ4v) is 2.08. The summed E-state index contributed by atoms with van der Waals surface area (Å²) in [7, 11) is -0.824. The molecule has 1 N–H and O–H groups in total. The van der Waals surface area contributed by atoms with Crippen LogP contribution in [-0.2, 0) is 15.5 Å². The summed E-state index contributed by atoms with van der Waals surface area (Å²) in [4.78, 5) is 2.34. The van der Waals surface area contributed by atoms with Crippen molar-refractivity contribution in [2.24, 2.45) is 0 Å². The van der Waals surface area contributed by atoms with Gasteiger partial charge in [0.25, 0.3) is 0 Å². The second kappa shape index (κ2) is 4.09. The van der Waals surface area contributed by atoms with Crippen LogP contribution in [0.5, 0.6) is 0 Å². The molecule has 0 bridgehead atoms. The lowest BCUT2D eigenvalue weighted by Gasteiger charge is -2.05. The van der Waals surface area contributed by atoms with E-state index in [0.29, 0.717) is 16.4 Å². The molecule has 0 radical (unpaired) electrons. The predicted octanol–water partition coefficient (Wildman–Crippen LogP) is 2.96. The Morgan fingerprint density at radius 2 is 1.75 bits per heavy atom. The highest BCUT2D eigenvalue weighted by Crippen LogP contribution is 2.31. The number of nitrogens with one attached hydrogen (secondary N) is 1. The number of aromatic amines is 1. The Morgan fingerprint density at radius 1 is 1.10 bits per heavy atom. The average Bonchev–Trinajstić information content (AvgIpc) is 2.93. The van der Waals surface area contributed by atoms with Gasteiger partial charge in [-0.05, 0) is 12.1 Å². The SMILES string of the molecule is C=C1OB(c2cccc3[nH]c(C(F)(F)F)cc23)OC1=C. The topological polar surface area (TPSA) is 34.2 Å². The fraction of sp³-hybridized carbons (Fsp3) is 0.0769. The molecule has 2 aromatic rings. The number of fused-ring (bicyclic) bond motifs is 1. The van der Waals surface area contributed by atoms with Gasteiger partial charge in [-0.1, -0.05) is 25.3 Å². The molecule has 0 spiro atoms. The maximum Gasteiger partial charge on any atom is 0.633 e. The van der Waals surface area contributed by atoms with E-state index in [1.54, 1.807) is 18.2 Å². The molecule has 20 heavy (non-hydrogen) atoms. The molecule has 0 unspecified atom stereocenters. The van der Waals surface area contributed by atoms with Crippen molar-refractivity contribution in [3.63, 3.8) is 0 Å². The lowest BCUT2D eigenvalue weighted by Crippen LogP contribution is -2.31. The van der Waals surface area contributed by atoms with Gasteiger partial charge in [0.1, 0.15) is 17.2 Å². The highest BCUT2D eigenvalue weighted by Gasteiger charge is 2.38. The van der Waals surface area contributed by atoms with Gasteiger partial charge in [0, 0.05) is 16.4 Å². The number of halogens is 3. The van der Waals surface area contributed by atoms with E-state index < -0.39 is 19.0 Å². The molecule has 102 valence electrons. The second-order valence-electron chi connectivity index (χ2n) is 4.40. The van der Waals surface area contributed by atoms with Crippen LogP contribution in [0.3, 0.4) is 0 Å². The maximum atomic E-state index is 12.7. The van der Waals surface area contributed by atoms with Gasteiger partial charge in [-0.3, -0.25) is 0 Å². The zero-order valence-electron chi connectivity index (χ0n) is 10.3. The molecule has 3 nitrogen and oxygen atoms in total. The van der Waals surface area contributed by atoms with Crippen LogP contribution in [0.2, 0.25) is 0 Å². The molecule has 1 aliphatic rings. The highest BCUT2D eigenvalue weighted by atomic mass is 19.4. The summed E-state index contributed by atoms with van der Waals surface area (Å²) in [5.41, 5.74) is 0.0507. The third kappa shape index (κ3) is 1.95. The molecule has 1 aromatic heterocycles. The molecule has 1 aromatic carbocycles. The fourth-order valence-electron chi connectivity index (χ4n) is 2.08. The molecule has 0 amide bonds. The Hall–Kier alpha value is -2.31. The monoisotopic (exact) mass is 279 g/mol. The van der Waals surface area contributed by atoms with E-state index in [1.807, 2.05) is 0 Å². The number of benzene rings is 1. The molecule has 1 saturated heterocycles. The van der Waals surface area contributed by atoms with Gasteiger partial charge in [-0.25, -0.2) is 0 Å². The van der Waals surface area contributed by atoms with Crippen LogP contribution in [0.25, 0.3) is 10.9 Å². The molecule has 7 heteroatoms. The first-order chi connectivity index (χ1) is 9.36. The minimum atomic E-state index is -4.43. The summed E-state index contributed by atoms with van der Waals surface area (Å²) < 4.78 is 48.9. The normalized spacial score (nSPS) is 15.7. The van der Waals surface area contributed by atoms with Crippen LogP contribution in [0.4, 0.5) is 13.2 Å². The van der Waals surface area contributed by atoms with Gasteiger partial charge < -0.3 is 14.3 Å². The van der Waals surface area contributed by atoms with E-state index in [9.17, 15) is 13.2 Å². The van der Waals surface area contributed by atoms with Crippen molar-refractivity contribution >= 4 is 23.5 Å². The van der Waals surface area contributed by atoms with Gasteiger partial charge in [0.2, 0.25) is 0 Å². The number of aromatic nitrogens is 1. The molecule has 1 aliphatic heterocycles. The van der Waals surface area contributed by atoms with Crippen LogP contribution in [0.1, 0.15) is 5.69 Å². The molecule has 3 rings (SSSR count). The van der Waals surface area contributed by atoms with E-state index in [2.05, 4.69) is 18.1 Å². The molecule has 0 aliphatic carbocycles. The van der Waals surface area contributed by atoms with Crippen molar-refractivity contribution in [2.45, 2.75) is 6.18 Å². The van der Waals surface area contributed by atoms with Crippen LogP contribution in [0, 0.1) is 0 Å². The summed E-state index contributed by atoms with van der Waals surface area (Å²) >= 11 is 0. The maximum absolute atomic E-state index is 12.7. The standard InChI is InChI=1S/C13H9BF3NO2/c1-7-8(2)20-14(19-7)10-4-3-5-11-9(10)6-12(18-11)13(15,16)17/h3-6,18H,1-2H2. The van der Waals surface area contributed by atoms with Crippen molar-refractivity contribution in [1.82, 2.24) is 4.98 Å². The zero-order chi connectivity index (χ0) is 14.5. The van der Waals surface area contributed by atoms with E-state index in [-0.39, 0.29) is 11.5 Å². The summed E-state index contributed by atoms with van der Waals surface area (Å²) in [6, 6.07) is 5.88. The lowest BCUT2D eigenvalue weighted by atomic mass is 9.77. The minimum Gasteiger partial charge on any atom is -0.520 e. The Labute approximate surface area is 112 Å². The Morgan fingerprint density at radius 3 is 2.35 bits per heavy atom. The van der Waals surface area contributed by atoms with Crippen molar-refractivity contribution in [3.8, 4) is 0 Å². The predicted molar refractivity (Wildman–Crippen MR) is 69.1 cm³/mol. The number of hydrogen-bond donors (Lipinski definition) is 1. The van der Waals surface area contributed by atoms with Crippen LogP contribution >= 0.6 is 0 Å². The summed E-state index contributed by atoms with van der Waals surface area (Å²) in [6.45, 7) is 7.20. The summed E-state index contributed by atoms with van der Waals surface area (Å²) in [5.74, 6) is 0.553. The van der Waals surface area contributed by atoms with Crippen molar-refractivity contribution in [1.29, 1.82) is 0 Å². The van der Waals surface area contributed by atoms with Crippen LogP contribution in [0.15, 0.2) is 48.9 Å². The van der Waals surface area contributed by atoms with Gasteiger partial charge in [-0.15, -0.1) is 0 Å². The Balaban J connectivity index is 2.10. The zero-order valence-corrected chi connectivity index (χ0v) is 10.3. The van der Waals surface area contributed by atoms with E-state index in [4.69, 9.17) is 9.31 Å². The second-order valence-corrected chi connectivity index (χ2v) is 4.40. The smallest absolute Gasteiger partial charge is 0.520 e. The lowest BCUT2D eigenvalue weighted by molar-refractivity contribution is -0.140. The number of hydrogen-bond acceptors (Lipinski definition) is 2. The largest absolute Gasteiger partial charge is 0.633 e. The first-order valence-corrected chi connectivity index (χ1v) is 5.76. The van der Waals surface area contributed by atoms with Crippen molar-refractivity contribution < 1.29 is 22.5 Å². The highest BCUT2D eigenvalue weighted by molar-refractivity contribution is 6.65. The Kier molecular flexibility index (Phi) is 2.60. The minimum absolute atomic E-state index is 0.276.